The molecule has 1 saturated carbocycles. The minimum Gasteiger partial charge on any atom is -0.392 e. The first-order chi connectivity index (χ1) is 7.20. The number of hydrogen-bond acceptors (Lipinski definition) is 3. The lowest BCUT2D eigenvalue weighted by Gasteiger charge is -2.28. The lowest BCUT2D eigenvalue weighted by atomic mass is 9.93. The van der Waals surface area contributed by atoms with Crippen molar-refractivity contribution in [1.29, 1.82) is 0 Å². The van der Waals surface area contributed by atoms with Crippen molar-refractivity contribution in [1.82, 2.24) is 5.32 Å². The fourth-order valence-corrected chi connectivity index (χ4v) is 1.84. The van der Waals surface area contributed by atoms with Gasteiger partial charge in [0.05, 0.1) is 12.7 Å². The summed E-state index contributed by atoms with van der Waals surface area (Å²) in [6.45, 7) is 0.289. The van der Waals surface area contributed by atoms with Gasteiger partial charge in [0.15, 0.2) is 0 Å². The molecule has 0 aliphatic heterocycles. The predicted molar refractivity (Wildman–Crippen MR) is 53.1 cm³/mol. The summed E-state index contributed by atoms with van der Waals surface area (Å²) in [6.07, 6.45) is 1.28. The van der Waals surface area contributed by atoms with E-state index in [9.17, 15) is 13.9 Å². The zero-order valence-corrected chi connectivity index (χ0v) is 8.79. The van der Waals surface area contributed by atoms with Crippen molar-refractivity contribution in [2.45, 2.75) is 44.3 Å². The minimum absolute atomic E-state index is 0.105. The third-order valence-corrected chi connectivity index (χ3v) is 2.63. The standard InChI is InChI=1S/C10H19F2NO2/c11-10(12)7-15-6-5-13-8-3-1-2-4-9(8)14/h8-10,13-14H,1-7H2/t8-,9-/m0/s1. The van der Waals surface area contributed by atoms with Crippen LogP contribution in [0.3, 0.4) is 0 Å². The van der Waals surface area contributed by atoms with Crippen LogP contribution < -0.4 is 5.32 Å². The summed E-state index contributed by atoms with van der Waals surface area (Å²) in [6, 6.07) is 0.105. The molecule has 0 amide bonds. The molecule has 0 spiro atoms. The summed E-state index contributed by atoms with van der Waals surface area (Å²) in [7, 11) is 0. The van der Waals surface area contributed by atoms with E-state index < -0.39 is 13.0 Å². The Morgan fingerprint density at radius 1 is 1.33 bits per heavy atom. The van der Waals surface area contributed by atoms with E-state index in [2.05, 4.69) is 5.32 Å². The highest BCUT2D eigenvalue weighted by Crippen LogP contribution is 2.17. The molecule has 0 heterocycles. The highest BCUT2D eigenvalue weighted by atomic mass is 19.3. The second-order valence-corrected chi connectivity index (χ2v) is 3.88. The number of aliphatic hydroxyl groups excluding tert-OH is 1. The highest BCUT2D eigenvalue weighted by Gasteiger charge is 2.21. The van der Waals surface area contributed by atoms with Gasteiger partial charge in [-0.1, -0.05) is 12.8 Å². The number of ether oxygens (including phenoxy) is 1. The molecular weight excluding hydrogens is 204 g/mol. The molecule has 2 atom stereocenters. The van der Waals surface area contributed by atoms with Gasteiger partial charge in [-0.2, -0.15) is 0 Å². The SMILES string of the molecule is O[C@H]1CCCC[C@@H]1NCCOCC(F)F. The smallest absolute Gasteiger partial charge is 0.261 e. The largest absolute Gasteiger partial charge is 0.392 e. The van der Waals surface area contributed by atoms with Crippen LogP contribution in [0.25, 0.3) is 0 Å². The van der Waals surface area contributed by atoms with Crippen molar-refractivity contribution in [3.63, 3.8) is 0 Å². The van der Waals surface area contributed by atoms with Crippen LogP contribution in [0.1, 0.15) is 25.7 Å². The van der Waals surface area contributed by atoms with Crippen molar-refractivity contribution in [3.8, 4) is 0 Å². The van der Waals surface area contributed by atoms with Gasteiger partial charge in [-0.3, -0.25) is 0 Å². The Bertz CT molecular complexity index is 170. The van der Waals surface area contributed by atoms with Gasteiger partial charge in [-0.25, -0.2) is 8.78 Å². The summed E-state index contributed by atoms with van der Waals surface area (Å²) in [5, 5.41) is 12.7. The molecule has 15 heavy (non-hydrogen) atoms. The number of rotatable bonds is 6. The van der Waals surface area contributed by atoms with Crippen molar-refractivity contribution < 1.29 is 18.6 Å². The molecule has 0 saturated heterocycles. The Balaban J connectivity index is 1.99. The Labute approximate surface area is 88.8 Å². The Morgan fingerprint density at radius 3 is 2.73 bits per heavy atom. The average Bonchev–Trinajstić information content (AvgIpc) is 2.20. The molecule has 1 fully saturated rings. The van der Waals surface area contributed by atoms with Crippen LogP contribution in [0.5, 0.6) is 0 Å². The maximum absolute atomic E-state index is 11.7. The molecule has 0 aromatic rings. The van der Waals surface area contributed by atoms with Gasteiger partial charge in [-0.05, 0) is 12.8 Å². The second kappa shape index (κ2) is 7.09. The van der Waals surface area contributed by atoms with E-state index >= 15 is 0 Å². The molecule has 1 rings (SSSR count). The van der Waals surface area contributed by atoms with Gasteiger partial charge in [0, 0.05) is 12.6 Å². The topological polar surface area (TPSA) is 41.5 Å². The molecule has 0 bridgehead atoms. The number of alkyl halides is 2. The maximum atomic E-state index is 11.7. The Hall–Kier alpha value is -0.260. The van der Waals surface area contributed by atoms with E-state index in [4.69, 9.17) is 4.74 Å². The summed E-state index contributed by atoms with van der Waals surface area (Å²) in [5.74, 6) is 0. The molecule has 0 radical (unpaired) electrons. The quantitative estimate of drug-likeness (QED) is 0.664. The van der Waals surface area contributed by atoms with E-state index in [1.54, 1.807) is 0 Å². The summed E-state index contributed by atoms with van der Waals surface area (Å²) in [5.41, 5.74) is 0. The first-order valence-corrected chi connectivity index (χ1v) is 5.47. The summed E-state index contributed by atoms with van der Waals surface area (Å²) in [4.78, 5) is 0. The monoisotopic (exact) mass is 223 g/mol. The van der Waals surface area contributed by atoms with Crippen molar-refractivity contribution >= 4 is 0 Å². The van der Waals surface area contributed by atoms with Gasteiger partial charge in [-0.15, -0.1) is 0 Å². The number of hydrogen-bond donors (Lipinski definition) is 2. The van der Waals surface area contributed by atoms with Gasteiger partial charge in [0.2, 0.25) is 0 Å². The second-order valence-electron chi connectivity index (χ2n) is 3.88. The van der Waals surface area contributed by atoms with Crippen LogP contribution in [-0.2, 0) is 4.74 Å². The molecular formula is C10H19F2NO2. The maximum Gasteiger partial charge on any atom is 0.261 e. The van der Waals surface area contributed by atoms with E-state index in [-0.39, 0.29) is 18.8 Å². The van der Waals surface area contributed by atoms with Crippen LogP contribution in [-0.4, -0.2) is 43.4 Å². The molecule has 2 N–H and O–H groups in total. The number of aliphatic hydroxyl groups is 1. The highest BCUT2D eigenvalue weighted by molar-refractivity contribution is 4.79. The first kappa shape index (κ1) is 12.8. The van der Waals surface area contributed by atoms with Crippen LogP contribution in [0.2, 0.25) is 0 Å². The molecule has 5 heteroatoms. The van der Waals surface area contributed by atoms with Gasteiger partial charge >= 0.3 is 0 Å². The van der Waals surface area contributed by atoms with Gasteiger partial charge in [0.1, 0.15) is 6.61 Å². The fraction of sp³-hybridized carbons (Fsp3) is 1.00. The first-order valence-electron chi connectivity index (χ1n) is 5.47. The predicted octanol–water partition coefficient (Wildman–Crippen LogP) is 1.16. The van der Waals surface area contributed by atoms with Crippen LogP contribution in [0.4, 0.5) is 8.78 Å². The Morgan fingerprint density at radius 2 is 2.07 bits per heavy atom. The van der Waals surface area contributed by atoms with Crippen LogP contribution in [0.15, 0.2) is 0 Å². The van der Waals surface area contributed by atoms with Crippen LogP contribution >= 0.6 is 0 Å². The molecule has 3 nitrogen and oxygen atoms in total. The van der Waals surface area contributed by atoms with Crippen molar-refractivity contribution in [3.05, 3.63) is 0 Å². The van der Waals surface area contributed by atoms with E-state index in [0.717, 1.165) is 25.7 Å². The molecule has 90 valence electrons. The Kier molecular flexibility index (Phi) is 6.05. The molecule has 1 aliphatic rings. The van der Waals surface area contributed by atoms with Crippen LogP contribution in [0, 0.1) is 0 Å². The molecule has 0 aromatic heterocycles. The lowest BCUT2D eigenvalue weighted by molar-refractivity contribution is 0.0152. The van der Waals surface area contributed by atoms with Gasteiger partial charge in [0.25, 0.3) is 6.43 Å². The number of halogens is 2. The average molecular weight is 223 g/mol. The van der Waals surface area contributed by atoms with E-state index in [1.165, 1.54) is 0 Å². The minimum atomic E-state index is -2.40. The molecule has 0 aromatic carbocycles. The lowest BCUT2D eigenvalue weighted by Crippen LogP contribution is -2.43. The zero-order valence-electron chi connectivity index (χ0n) is 8.79. The third-order valence-electron chi connectivity index (χ3n) is 2.63. The van der Waals surface area contributed by atoms with E-state index in [0.29, 0.717) is 6.54 Å². The van der Waals surface area contributed by atoms with E-state index in [1.807, 2.05) is 0 Å². The van der Waals surface area contributed by atoms with Crippen molar-refractivity contribution in [2.24, 2.45) is 0 Å². The normalized spacial score (nSPS) is 27.2. The number of nitrogens with one attached hydrogen (secondary N) is 1. The third kappa shape index (κ3) is 5.39. The summed E-state index contributed by atoms with van der Waals surface area (Å²) >= 11 is 0. The zero-order chi connectivity index (χ0) is 11.1. The summed E-state index contributed by atoms with van der Waals surface area (Å²) < 4.78 is 28.1. The fourth-order valence-electron chi connectivity index (χ4n) is 1.84. The van der Waals surface area contributed by atoms with Gasteiger partial charge < -0.3 is 15.2 Å². The molecule has 1 aliphatic carbocycles. The van der Waals surface area contributed by atoms with Crippen molar-refractivity contribution in [2.75, 3.05) is 19.8 Å². The molecule has 0 unspecified atom stereocenters.